The molecule has 138 valence electrons. The molecule has 2 heterocycles. The second-order valence-electron chi connectivity index (χ2n) is 6.73. The molecule has 1 amide bonds. The fourth-order valence-electron chi connectivity index (χ4n) is 2.95. The molecule has 1 saturated heterocycles. The van der Waals surface area contributed by atoms with Crippen molar-refractivity contribution < 1.29 is 13.2 Å². The van der Waals surface area contributed by atoms with E-state index in [1.54, 1.807) is 12.3 Å². The first kappa shape index (κ1) is 18.5. The third kappa shape index (κ3) is 3.94. The lowest BCUT2D eigenvalue weighted by atomic mass is 10.0. The fourth-order valence-corrected chi connectivity index (χ4v) is 4.42. The first-order chi connectivity index (χ1) is 12.4. The molecule has 26 heavy (non-hydrogen) atoms. The topological polar surface area (TPSA) is 79.4 Å². The molecule has 0 unspecified atom stereocenters. The molecule has 1 aliphatic heterocycles. The van der Waals surface area contributed by atoms with Crippen molar-refractivity contribution in [3.63, 3.8) is 0 Å². The van der Waals surface area contributed by atoms with Crippen LogP contribution in [0.5, 0.6) is 0 Å². The number of nitrogens with zero attached hydrogens (tertiary/aromatic N) is 2. The number of sulfonamides is 1. The van der Waals surface area contributed by atoms with Gasteiger partial charge in [0.2, 0.25) is 10.0 Å². The van der Waals surface area contributed by atoms with E-state index in [2.05, 4.69) is 17.2 Å². The number of pyridine rings is 1. The van der Waals surface area contributed by atoms with Gasteiger partial charge in [0.1, 0.15) is 5.82 Å². The molecule has 2 aromatic rings. The Labute approximate surface area is 154 Å². The Morgan fingerprint density at radius 1 is 1.15 bits per heavy atom. The Morgan fingerprint density at radius 3 is 2.42 bits per heavy atom. The zero-order valence-electron chi connectivity index (χ0n) is 15.0. The Morgan fingerprint density at radius 2 is 1.81 bits per heavy atom. The minimum Gasteiger partial charge on any atom is -0.306 e. The maximum absolute atomic E-state index is 12.7. The van der Waals surface area contributed by atoms with E-state index in [9.17, 15) is 13.2 Å². The number of amides is 1. The van der Waals surface area contributed by atoms with Crippen molar-refractivity contribution >= 4 is 21.7 Å². The van der Waals surface area contributed by atoms with Crippen LogP contribution in [0.4, 0.5) is 5.82 Å². The predicted octanol–water partition coefficient (Wildman–Crippen LogP) is 3.06. The summed E-state index contributed by atoms with van der Waals surface area (Å²) < 4.78 is 27.0. The zero-order valence-corrected chi connectivity index (χ0v) is 15.8. The highest BCUT2D eigenvalue weighted by Gasteiger charge is 2.28. The van der Waals surface area contributed by atoms with E-state index in [1.165, 1.54) is 28.6 Å². The minimum atomic E-state index is -3.50. The van der Waals surface area contributed by atoms with Crippen molar-refractivity contribution in [1.82, 2.24) is 9.29 Å². The highest BCUT2D eigenvalue weighted by atomic mass is 32.2. The van der Waals surface area contributed by atoms with Crippen LogP contribution in [0.25, 0.3) is 0 Å². The van der Waals surface area contributed by atoms with Crippen molar-refractivity contribution in [2.24, 2.45) is 5.92 Å². The minimum absolute atomic E-state index is 0.220. The van der Waals surface area contributed by atoms with E-state index in [-0.39, 0.29) is 10.8 Å². The predicted molar refractivity (Wildman–Crippen MR) is 101 cm³/mol. The Hall–Kier alpha value is -2.25. The molecular weight excluding hydrogens is 350 g/mol. The number of aromatic nitrogens is 1. The largest absolute Gasteiger partial charge is 0.306 e. The number of nitrogens with one attached hydrogen (secondary N) is 1. The van der Waals surface area contributed by atoms with Gasteiger partial charge in [-0.15, -0.1) is 0 Å². The number of anilines is 1. The highest BCUT2D eigenvalue weighted by molar-refractivity contribution is 7.89. The lowest BCUT2D eigenvalue weighted by molar-refractivity contribution is 0.102. The Balaban J connectivity index is 1.74. The SMILES string of the molecule is Cc1cccnc1NC(=O)c1ccc(S(=O)(=O)N2CCC(C)CC2)cc1. The molecule has 1 aliphatic rings. The second kappa shape index (κ2) is 7.55. The summed E-state index contributed by atoms with van der Waals surface area (Å²) in [4.78, 5) is 16.7. The molecule has 1 aromatic carbocycles. The number of hydrogen-bond donors (Lipinski definition) is 1. The van der Waals surface area contributed by atoms with Crippen LogP contribution in [-0.4, -0.2) is 36.7 Å². The van der Waals surface area contributed by atoms with Crippen LogP contribution >= 0.6 is 0 Å². The highest BCUT2D eigenvalue weighted by Crippen LogP contribution is 2.23. The Kier molecular flexibility index (Phi) is 5.38. The number of rotatable bonds is 4. The maximum Gasteiger partial charge on any atom is 0.256 e. The van der Waals surface area contributed by atoms with Gasteiger partial charge in [0, 0.05) is 24.8 Å². The number of hydrogen-bond acceptors (Lipinski definition) is 4. The van der Waals surface area contributed by atoms with E-state index in [0.717, 1.165) is 18.4 Å². The van der Waals surface area contributed by atoms with Crippen molar-refractivity contribution in [2.75, 3.05) is 18.4 Å². The van der Waals surface area contributed by atoms with E-state index in [4.69, 9.17) is 0 Å². The summed E-state index contributed by atoms with van der Waals surface area (Å²) in [5.74, 6) is 0.738. The van der Waals surface area contributed by atoms with Crippen LogP contribution in [0.15, 0.2) is 47.5 Å². The number of aryl methyl sites for hydroxylation is 1. The van der Waals surface area contributed by atoms with Gasteiger partial charge in [-0.1, -0.05) is 13.0 Å². The number of piperidine rings is 1. The van der Waals surface area contributed by atoms with E-state index >= 15 is 0 Å². The van der Waals surface area contributed by atoms with Crippen LogP contribution in [0.2, 0.25) is 0 Å². The van der Waals surface area contributed by atoms with Gasteiger partial charge in [-0.2, -0.15) is 4.31 Å². The van der Waals surface area contributed by atoms with Crippen molar-refractivity contribution in [1.29, 1.82) is 0 Å². The quantitative estimate of drug-likeness (QED) is 0.893. The van der Waals surface area contributed by atoms with Crippen LogP contribution in [-0.2, 0) is 10.0 Å². The lowest BCUT2D eigenvalue weighted by Gasteiger charge is -2.29. The van der Waals surface area contributed by atoms with Gasteiger partial charge in [-0.05, 0) is 61.6 Å². The Bertz CT molecular complexity index is 887. The number of carbonyl (C=O) groups excluding carboxylic acids is 1. The first-order valence-corrected chi connectivity index (χ1v) is 10.1. The zero-order chi connectivity index (χ0) is 18.7. The number of benzene rings is 1. The lowest BCUT2D eigenvalue weighted by Crippen LogP contribution is -2.37. The first-order valence-electron chi connectivity index (χ1n) is 8.71. The van der Waals surface area contributed by atoms with E-state index in [0.29, 0.717) is 30.4 Å². The average molecular weight is 373 g/mol. The molecule has 1 fully saturated rings. The van der Waals surface area contributed by atoms with Crippen LogP contribution < -0.4 is 5.32 Å². The summed E-state index contributed by atoms with van der Waals surface area (Å²) >= 11 is 0. The van der Waals surface area contributed by atoms with Gasteiger partial charge in [0.15, 0.2) is 0 Å². The third-order valence-corrected chi connectivity index (χ3v) is 6.65. The van der Waals surface area contributed by atoms with Crippen LogP contribution in [0, 0.1) is 12.8 Å². The van der Waals surface area contributed by atoms with Crippen molar-refractivity contribution in [3.8, 4) is 0 Å². The molecule has 6 nitrogen and oxygen atoms in total. The maximum atomic E-state index is 12.7. The van der Waals surface area contributed by atoms with Gasteiger partial charge >= 0.3 is 0 Å². The van der Waals surface area contributed by atoms with Gasteiger partial charge in [0.25, 0.3) is 5.91 Å². The normalized spacial score (nSPS) is 16.4. The van der Waals surface area contributed by atoms with Crippen LogP contribution in [0.3, 0.4) is 0 Å². The molecule has 1 aromatic heterocycles. The molecule has 0 bridgehead atoms. The number of carbonyl (C=O) groups is 1. The average Bonchev–Trinajstić information content (AvgIpc) is 2.64. The summed E-state index contributed by atoms with van der Waals surface area (Å²) in [6.07, 6.45) is 3.37. The molecule has 0 radical (unpaired) electrons. The molecule has 0 atom stereocenters. The van der Waals surface area contributed by atoms with Gasteiger partial charge < -0.3 is 5.32 Å². The molecule has 7 heteroatoms. The smallest absolute Gasteiger partial charge is 0.256 e. The molecular formula is C19H23N3O3S. The van der Waals surface area contributed by atoms with Crippen molar-refractivity contribution in [3.05, 3.63) is 53.7 Å². The summed E-state index contributed by atoms with van der Waals surface area (Å²) in [6, 6.07) is 9.71. The van der Waals surface area contributed by atoms with Gasteiger partial charge in [0.05, 0.1) is 4.90 Å². The molecule has 3 rings (SSSR count). The van der Waals surface area contributed by atoms with Gasteiger partial charge in [-0.25, -0.2) is 13.4 Å². The molecule has 0 aliphatic carbocycles. The van der Waals surface area contributed by atoms with Gasteiger partial charge in [-0.3, -0.25) is 4.79 Å². The third-order valence-electron chi connectivity index (χ3n) is 4.74. The van der Waals surface area contributed by atoms with Crippen LogP contribution in [0.1, 0.15) is 35.7 Å². The fraction of sp³-hybridized carbons (Fsp3) is 0.368. The van der Waals surface area contributed by atoms with E-state index < -0.39 is 10.0 Å². The summed E-state index contributed by atoms with van der Waals surface area (Å²) in [5.41, 5.74) is 1.25. The van der Waals surface area contributed by atoms with Crippen molar-refractivity contribution in [2.45, 2.75) is 31.6 Å². The molecule has 1 N–H and O–H groups in total. The summed E-state index contributed by atoms with van der Waals surface area (Å²) in [6.45, 7) is 5.09. The summed E-state index contributed by atoms with van der Waals surface area (Å²) in [7, 11) is -3.50. The van der Waals surface area contributed by atoms with E-state index in [1.807, 2.05) is 13.0 Å². The molecule has 0 saturated carbocycles. The summed E-state index contributed by atoms with van der Waals surface area (Å²) in [5, 5.41) is 2.74. The second-order valence-corrected chi connectivity index (χ2v) is 8.67. The molecule has 0 spiro atoms. The standard InChI is InChI=1S/C19H23N3O3S/c1-14-9-12-22(13-10-14)26(24,25)17-7-5-16(6-8-17)19(23)21-18-15(2)4-3-11-20-18/h3-8,11,14H,9-10,12-13H2,1-2H3,(H,20,21,23). The monoisotopic (exact) mass is 373 g/mol.